The first kappa shape index (κ1) is 23.8. The van der Waals surface area contributed by atoms with E-state index < -0.39 is 24.1 Å². The van der Waals surface area contributed by atoms with Gasteiger partial charge in [-0.1, -0.05) is 0 Å². The normalized spacial score (nSPS) is 9.40. The van der Waals surface area contributed by atoms with Crippen molar-refractivity contribution in [3.63, 3.8) is 0 Å². The molecular formula is C10H22O10. The minimum Gasteiger partial charge on any atom is -0.481 e. The van der Waals surface area contributed by atoms with E-state index in [2.05, 4.69) is 0 Å². The highest BCUT2D eigenvalue weighted by molar-refractivity contribution is 5.75. The van der Waals surface area contributed by atoms with Crippen LogP contribution in [0.4, 0.5) is 0 Å². The summed E-state index contributed by atoms with van der Waals surface area (Å²) in [6.07, 6.45) is -2.50. The average molecular weight is 302 g/mol. The zero-order valence-electron chi connectivity index (χ0n) is 10.8. The van der Waals surface area contributed by atoms with Gasteiger partial charge in [0, 0.05) is 0 Å². The Morgan fingerprint density at radius 3 is 0.900 bits per heavy atom. The van der Waals surface area contributed by atoms with Gasteiger partial charge in [0.05, 0.1) is 39.3 Å². The van der Waals surface area contributed by atoms with Gasteiger partial charge in [-0.05, 0) is 0 Å². The zero-order valence-corrected chi connectivity index (χ0v) is 10.8. The number of hydrogen-bond donors (Lipinski definition) is 8. The Bertz CT molecular complexity index is 200. The van der Waals surface area contributed by atoms with Crippen LogP contribution in [0.25, 0.3) is 0 Å². The molecule has 20 heavy (non-hydrogen) atoms. The lowest BCUT2D eigenvalue weighted by molar-refractivity contribution is -0.143. The second kappa shape index (κ2) is 17.7. The van der Waals surface area contributed by atoms with Gasteiger partial charge in [0.1, 0.15) is 12.2 Å². The highest BCUT2D eigenvalue weighted by Gasteiger charge is 2.00. The van der Waals surface area contributed by atoms with E-state index in [1.807, 2.05) is 0 Å². The van der Waals surface area contributed by atoms with E-state index in [0.717, 1.165) is 0 Å². The summed E-state index contributed by atoms with van der Waals surface area (Å²) < 4.78 is 0. The van der Waals surface area contributed by atoms with Gasteiger partial charge in [-0.25, -0.2) is 0 Å². The van der Waals surface area contributed by atoms with Crippen molar-refractivity contribution < 1.29 is 50.4 Å². The third-order valence-corrected chi connectivity index (χ3v) is 1.40. The van der Waals surface area contributed by atoms with E-state index in [0.29, 0.717) is 0 Å². The fraction of sp³-hybridized carbons (Fsp3) is 0.800. The minimum absolute atomic E-state index is 0.296. The van der Waals surface area contributed by atoms with Crippen LogP contribution in [0.1, 0.15) is 12.8 Å². The molecular weight excluding hydrogens is 280 g/mol. The highest BCUT2D eigenvalue weighted by atomic mass is 16.4. The molecule has 0 aromatic carbocycles. The number of carbonyl (C=O) groups is 2. The summed E-state index contributed by atoms with van der Waals surface area (Å²) in [4.78, 5) is 19.3. The fourth-order valence-corrected chi connectivity index (χ4v) is 0.329. The summed E-state index contributed by atoms with van der Waals surface area (Å²) in [6, 6.07) is 0. The molecule has 122 valence electrons. The van der Waals surface area contributed by atoms with Crippen molar-refractivity contribution in [2.75, 3.05) is 26.4 Å². The molecule has 0 saturated heterocycles. The van der Waals surface area contributed by atoms with Crippen molar-refractivity contribution in [3.05, 3.63) is 0 Å². The van der Waals surface area contributed by atoms with Gasteiger partial charge < -0.3 is 40.9 Å². The van der Waals surface area contributed by atoms with E-state index in [-0.39, 0.29) is 39.3 Å². The molecule has 10 nitrogen and oxygen atoms in total. The van der Waals surface area contributed by atoms with E-state index in [9.17, 15) is 9.59 Å². The second-order valence-electron chi connectivity index (χ2n) is 3.33. The van der Waals surface area contributed by atoms with Crippen LogP contribution in [-0.2, 0) is 9.59 Å². The third-order valence-electron chi connectivity index (χ3n) is 1.40. The first-order valence-corrected chi connectivity index (χ1v) is 5.48. The summed E-state index contributed by atoms with van der Waals surface area (Å²) in [6.45, 7) is -1.46. The van der Waals surface area contributed by atoms with Gasteiger partial charge in [0.15, 0.2) is 0 Å². The Hall–Kier alpha value is -1.30. The number of aliphatic carboxylic acids is 2. The van der Waals surface area contributed by atoms with Crippen molar-refractivity contribution in [3.8, 4) is 0 Å². The molecule has 0 fully saturated rings. The third kappa shape index (κ3) is 30.1. The molecule has 8 N–H and O–H groups in total. The molecule has 0 aliphatic carbocycles. The molecule has 0 aliphatic heterocycles. The van der Waals surface area contributed by atoms with Crippen molar-refractivity contribution in [2.24, 2.45) is 0 Å². The quantitative estimate of drug-likeness (QED) is 0.234. The summed E-state index contributed by atoms with van der Waals surface area (Å²) >= 11 is 0. The highest BCUT2D eigenvalue weighted by Crippen LogP contribution is 1.86. The van der Waals surface area contributed by atoms with E-state index >= 15 is 0 Å². The van der Waals surface area contributed by atoms with Crippen LogP contribution in [0.15, 0.2) is 0 Å². The summed E-state index contributed by atoms with van der Waals surface area (Å²) in [5.74, 6) is -2.15. The van der Waals surface area contributed by atoms with Gasteiger partial charge in [0.25, 0.3) is 0 Å². The predicted octanol–water partition coefficient (Wildman–Crippen LogP) is -3.40. The van der Waals surface area contributed by atoms with E-state index in [4.69, 9.17) is 40.9 Å². The maximum atomic E-state index is 9.64. The fourth-order valence-electron chi connectivity index (χ4n) is 0.329. The van der Waals surface area contributed by atoms with Crippen LogP contribution < -0.4 is 0 Å². The number of hydrogen-bond acceptors (Lipinski definition) is 8. The van der Waals surface area contributed by atoms with Gasteiger partial charge in [0.2, 0.25) is 0 Å². The maximum Gasteiger partial charge on any atom is 0.303 e. The molecule has 0 aromatic heterocycles. The maximum absolute atomic E-state index is 9.64. The van der Waals surface area contributed by atoms with Crippen molar-refractivity contribution in [1.29, 1.82) is 0 Å². The van der Waals surface area contributed by atoms with Crippen LogP contribution in [0, 0.1) is 0 Å². The van der Waals surface area contributed by atoms with Crippen molar-refractivity contribution in [2.45, 2.75) is 25.0 Å². The van der Waals surface area contributed by atoms with Crippen LogP contribution in [-0.4, -0.2) is 91.4 Å². The first-order valence-electron chi connectivity index (χ1n) is 5.48. The molecule has 0 atom stereocenters. The smallest absolute Gasteiger partial charge is 0.303 e. The van der Waals surface area contributed by atoms with Crippen LogP contribution in [0.3, 0.4) is 0 Å². The number of aliphatic hydroxyl groups excluding tert-OH is 6. The SMILES string of the molecule is O=C(O)CCC(=O)O.OCC(O)CO.OCC(O)CO. The average Bonchev–Trinajstić information content (AvgIpc) is 2.44. The number of aliphatic hydroxyl groups is 6. The topological polar surface area (TPSA) is 196 Å². The van der Waals surface area contributed by atoms with Crippen LogP contribution >= 0.6 is 0 Å². The van der Waals surface area contributed by atoms with E-state index in [1.54, 1.807) is 0 Å². The molecule has 0 rings (SSSR count). The first-order chi connectivity index (χ1) is 9.24. The van der Waals surface area contributed by atoms with E-state index in [1.165, 1.54) is 0 Å². The van der Waals surface area contributed by atoms with Gasteiger partial charge in [-0.15, -0.1) is 0 Å². The molecule has 0 unspecified atom stereocenters. The molecule has 0 aliphatic rings. The van der Waals surface area contributed by atoms with Gasteiger partial charge >= 0.3 is 11.9 Å². The number of carboxylic acid groups (broad SMARTS) is 2. The number of carboxylic acids is 2. The Morgan fingerprint density at radius 1 is 0.650 bits per heavy atom. The molecule has 0 amide bonds. The second-order valence-corrected chi connectivity index (χ2v) is 3.33. The molecule has 0 spiro atoms. The lowest BCUT2D eigenvalue weighted by Gasteiger charge is -1.96. The molecule has 0 bridgehead atoms. The van der Waals surface area contributed by atoms with Crippen molar-refractivity contribution in [1.82, 2.24) is 0 Å². The monoisotopic (exact) mass is 302 g/mol. The van der Waals surface area contributed by atoms with Gasteiger partial charge in [-0.2, -0.15) is 0 Å². The van der Waals surface area contributed by atoms with Crippen molar-refractivity contribution >= 4 is 11.9 Å². The van der Waals surface area contributed by atoms with Crippen LogP contribution in [0.5, 0.6) is 0 Å². The minimum atomic E-state index is -1.08. The predicted molar refractivity (Wildman–Crippen MR) is 64.9 cm³/mol. The standard InChI is InChI=1S/C4H6O4.2C3H8O3/c5-3(6)1-2-4(7)8;2*4-1-3(6)2-5/h1-2H2,(H,5,6)(H,7,8);2*3-6H,1-2H2. The summed E-state index contributed by atoms with van der Waals surface area (Å²) in [5.41, 5.74) is 0. The molecule has 0 aromatic rings. The lowest BCUT2D eigenvalue weighted by Crippen LogP contribution is -2.15. The summed E-state index contributed by atoms with van der Waals surface area (Å²) in [7, 11) is 0. The Kier molecular flexibility index (Phi) is 21.0. The van der Waals surface area contributed by atoms with Crippen LogP contribution in [0.2, 0.25) is 0 Å². The molecule has 0 heterocycles. The number of rotatable bonds is 7. The summed E-state index contributed by atoms with van der Waals surface area (Å²) in [5, 5.41) is 63.8. The molecule has 0 radical (unpaired) electrons. The zero-order chi connectivity index (χ0) is 16.6. The molecule has 10 heteroatoms. The lowest BCUT2D eigenvalue weighted by atomic mass is 10.3. The molecule has 0 saturated carbocycles. The Labute approximate surface area is 115 Å². The Balaban J connectivity index is -0.000000221. The largest absolute Gasteiger partial charge is 0.481 e. The van der Waals surface area contributed by atoms with Gasteiger partial charge in [-0.3, -0.25) is 9.59 Å². The Morgan fingerprint density at radius 2 is 0.850 bits per heavy atom.